The average molecular weight is 378 g/mol. The van der Waals surface area contributed by atoms with Crippen molar-refractivity contribution in [3.05, 3.63) is 52.4 Å². The van der Waals surface area contributed by atoms with Crippen LogP contribution in [0.2, 0.25) is 0 Å². The molecule has 0 unspecified atom stereocenters. The van der Waals surface area contributed by atoms with Gasteiger partial charge >= 0.3 is 0 Å². The first-order valence-electron chi connectivity index (χ1n) is 8.91. The molecule has 144 valence electrons. The van der Waals surface area contributed by atoms with E-state index in [0.717, 1.165) is 28.7 Å². The summed E-state index contributed by atoms with van der Waals surface area (Å²) in [5, 5.41) is 1.48. The monoisotopic (exact) mass is 378 g/mol. The average Bonchev–Trinajstić information content (AvgIpc) is 3.07. The number of rotatable bonds is 5. The van der Waals surface area contributed by atoms with Crippen molar-refractivity contribution >= 4 is 21.8 Å². The maximum Gasteiger partial charge on any atom is 0.262 e. The molecule has 2 aromatic carbocycles. The van der Waals surface area contributed by atoms with Crippen molar-refractivity contribution < 1.29 is 9.47 Å². The van der Waals surface area contributed by atoms with Crippen LogP contribution < -0.4 is 15.0 Å². The third-order valence-electron chi connectivity index (χ3n) is 4.64. The molecule has 0 bridgehead atoms. The van der Waals surface area contributed by atoms with Gasteiger partial charge in [0, 0.05) is 40.8 Å². The van der Waals surface area contributed by atoms with Gasteiger partial charge in [0.05, 0.1) is 19.7 Å². The lowest BCUT2D eigenvalue weighted by Crippen LogP contribution is -2.11. The van der Waals surface area contributed by atoms with Crippen molar-refractivity contribution in [2.24, 2.45) is 0 Å². The van der Waals surface area contributed by atoms with Crippen LogP contribution in [0, 0.1) is 0 Å². The van der Waals surface area contributed by atoms with Crippen molar-refractivity contribution in [1.29, 1.82) is 0 Å². The van der Waals surface area contributed by atoms with E-state index >= 15 is 0 Å². The second kappa shape index (κ2) is 7.01. The summed E-state index contributed by atoms with van der Waals surface area (Å²) in [5.41, 5.74) is 3.29. The van der Waals surface area contributed by atoms with Crippen LogP contribution in [0.3, 0.4) is 0 Å². The Kier molecular flexibility index (Phi) is 4.52. The molecular weight excluding hydrogens is 356 g/mol. The molecule has 4 aromatic rings. The molecule has 0 radical (unpaired) electrons. The van der Waals surface area contributed by atoms with E-state index in [-0.39, 0.29) is 5.56 Å². The van der Waals surface area contributed by atoms with Gasteiger partial charge < -0.3 is 24.3 Å². The van der Waals surface area contributed by atoms with Gasteiger partial charge in [-0.25, -0.2) is 4.98 Å². The Bertz CT molecular complexity index is 1220. The fourth-order valence-corrected chi connectivity index (χ4v) is 3.39. The summed E-state index contributed by atoms with van der Waals surface area (Å²) in [6, 6.07) is 11.5. The summed E-state index contributed by atoms with van der Waals surface area (Å²) in [4.78, 5) is 25.8. The van der Waals surface area contributed by atoms with Gasteiger partial charge in [-0.1, -0.05) is 0 Å². The second-order valence-corrected chi connectivity index (χ2v) is 6.97. The highest BCUT2D eigenvalue weighted by Crippen LogP contribution is 2.29. The van der Waals surface area contributed by atoms with Gasteiger partial charge in [0.15, 0.2) is 0 Å². The molecule has 0 saturated heterocycles. The number of hydrogen-bond acceptors (Lipinski definition) is 5. The lowest BCUT2D eigenvalue weighted by Gasteiger charge is -2.09. The second-order valence-electron chi connectivity index (χ2n) is 6.97. The van der Waals surface area contributed by atoms with E-state index in [4.69, 9.17) is 9.47 Å². The van der Waals surface area contributed by atoms with Gasteiger partial charge in [-0.2, -0.15) is 0 Å². The molecule has 0 fully saturated rings. The Hall–Kier alpha value is -3.32. The number of fused-ring (bicyclic) bond motifs is 2. The van der Waals surface area contributed by atoms with Gasteiger partial charge in [-0.05, 0) is 38.4 Å². The minimum atomic E-state index is -0.248. The highest BCUT2D eigenvalue weighted by atomic mass is 16.5. The van der Waals surface area contributed by atoms with Crippen LogP contribution >= 0.6 is 0 Å². The third-order valence-corrected chi connectivity index (χ3v) is 4.64. The van der Waals surface area contributed by atoms with Crippen molar-refractivity contribution in [3.8, 4) is 22.9 Å². The first-order chi connectivity index (χ1) is 13.5. The van der Waals surface area contributed by atoms with E-state index < -0.39 is 0 Å². The smallest absolute Gasteiger partial charge is 0.262 e. The molecule has 7 nitrogen and oxygen atoms in total. The molecular formula is C21H22N4O3. The molecule has 2 heterocycles. The van der Waals surface area contributed by atoms with Crippen molar-refractivity contribution in [2.45, 2.75) is 6.54 Å². The summed E-state index contributed by atoms with van der Waals surface area (Å²) in [7, 11) is 7.15. The molecule has 2 aromatic heterocycles. The molecule has 0 amide bonds. The Balaban J connectivity index is 1.85. The number of aromatic amines is 2. The van der Waals surface area contributed by atoms with Crippen molar-refractivity contribution in [1.82, 2.24) is 19.9 Å². The van der Waals surface area contributed by atoms with E-state index in [1.54, 1.807) is 19.2 Å². The highest BCUT2D eigenvalue weighted by molar-refractivity contribution is 5.89. The quantitative estimate of drug-likeness (QED) is 0.557. The van der Waals surface area contributed by atoms with Gasteiger partial charge in [0.2, 0.25) is 0 Å². The number of aromatic nitrogens is 3. The largest absolute Gasteiger partial charge is 0.497 e. The fraction of sp³-hybridized carbons (Fsp3) is 0.238. The van der Waals surface area contributed by atoms with E-state index in [2.05, 4.69) is 25.9 Å². The number of nitrogens with one attached hydrogen (secondary N) is 2. The Morgan fingerprint density at radius 2 is 1.86 bits per heavy atom. The van der Waals surface area contributed by atoms with Crippen LogP contribution in [-0.2, 0) is 6.54 Å². The van der Waals surface area contributed by atoms with Crippen LogP contribution in [0.4, 0.5) is 0 Å². The maximum absolute atomic E-state index is 12.7. The SMILES string of the molecule is COc1cc(OC)c2c(=O)[nH]c(-c3ccc4[nH]c(CN(C)C)cc4c3)nc2c1. The van der Waals surface area contributed by atoms with Crippen LogP contribution in [0.1, 0.15) is 5.69 Å². The molecule has 0 spiro atoms. The zero-order valence-corrected chi connectivity index (χ0v) is 16.3. The van der Waals surface area contributed by atoms with Gasteiger partial charge in [-0.3, -0.25) is 4.79 Å². The predicted molar refractivity (Wildman–Crippen MR) is 110 cm³/mol. The third kappa shape index (κ3) is 3.20. The molecule has 0 saturated carbocycles. The zero-order chi connectivity index (χ0) is 19.8. The molecule has 0 aliphatic carbocycles. The zero-order valence-electron chi connectivity index (χ0n) is 16.3. The van der Waals surface area contributed by atoms with Gasteiger partial charge in [0.1, 0.15) is 22.7 Å². The number of benzene rings is 2. The van der Waals surface area contributed by atoms with Crippen molar-refractivity contribution in [2.75, 3.05) is 28.3 Å². The first kappa shape index (κ1) is 18.1. The van der Waals surface area contributed by atoms with Crippen LogP contribution in [0.5, 0.6) is 11.5 Å². The number of ether oxygens (including phenoxy) is 2. The molecule has 28 heavy (non-hydrogen) atoms. The van der Waals surface area contributed by atoms with Crippen LogP contribution in [-0.4, -0.2) is 48.2 Å². The minimum absolute atomic E-state index is 0.248. The van der Waals surface area contributed by atoms with E-state index in [1.165, 1.54) is 7.11 Å². The predicted octanol–water partition coefficient (Wildman–Crippen LogP) is 3.15. The number of hydrogen-bond donors (Lipinski definition) is 2. The number of nitrogens with zero attached hydrogens (tertiary/aromatic N) is 2. The fourth-order valence-electron chi connectivity index (χ4n) is 3.39. The van der Waals surface area contributed by atoms with Crippen LogP contribution in [0.25, 0.3) is 33.2 Å². The maximum atomic E-state index is 12.7. The van der Waals surface area contributed by atoms with E-state index in [9.17, 15) is 4.79 Å². The Morgan fingerprint density at radius 3 is 2.57 bits per heavy atom. The molecule has 0 atom stereocenters. The molecule has 0 aliphatic rings. The lowest BCUT2D eigenvalue weighted by molar-refractivity contribution is 0.397. The summed E-state index contributed by atoms with van der Waals surface area (Å²) in [6.07, 6.45) is 0. The van der Waals surface area contributed by atoms with Crippen molar-refractivity contribution in [3.63, 3.8) is 0 Å². The summed E-state index contributed by atoms with van der Waals surface area (Å²) < 4.78 is 10.6. The van der Waals surface area contributed by atoms with E-state index in [0.29, 0.717) is 28.2 Å². The summed E-state index contributed by atoms with van der Waals surface area (Å²) >= 11 is 0. The topological polar surface area (TPSA) is 83.2 Å². The minimum Gasteiger partial charge on any atom is -0.497 e. The molecule has 0 aliphatic heterocycles. The Morgan fingerprint density at radius 1 is 1.04 bits per heavy atom. The molecule has 2 N–H and O–H groups in total. The van der Waals surface area contributed by atoms with Gasteiger partial charge in [0.25, 0.3) is 5.56 Å². The standard InChI is InChI=1S/C21H22N4O3/c1-25(2)11-14-8-13-7-12(5-6-16(13)22-14)20-23-17-9-15(27-3)10-18(28-4)19(17)21(26)24-20/h5-10,22H,11H2,1-4H3,(H,23,24,26). The van der Waals surface area contributed by atoms with Crippen LogP contribution in [0.15, 0.2) is 41.2 Å². The van der Waals surface area contributed by atoms with Gasteiger partial charge in [-0.15, -0.1) is 0 Å². The first-order valence-corrected chi connectivity index (χ1v) is 8.91. The summed E-state index contributed by atoms with van der Waals surface area (Å²) in [5.74, 6) is 1.52. The Labute approximate surface area is 161 Å². The van der Waals surface area contributed by atoms with E-state index in [1.807, 2.05) is 32.3 Å². The molecule has 7 heteroatoms. The normalized spacial score (nSPS) is 11.5. The number of methoxy groups -OCH3 is 2. The molecule has 4 rings (SSSR count). The highest BCUT2D eigenvalue weighted by Gasteiger charge is 2.13. The number of H-pyrrole nitrogens is 2. The summed E-state index contributed by atoms with van der Waals surface area (Å²) in [6.45, 7) is 0.828. The lowest BCUT2D eigenvalue weighted by atomic mass is 10.1.